The molecule has 0 spiro atoms. The summed E-state index contributed by atoms with van der Waals surface area (Å²) in [6.07, 6.45) is 8.85. The minimum atomic E-state index is -0.910. The fourth-order valence-electron chi connectivity index (χ4n) is 2.03. The molecule has 0 bridgehead atoms. The van der Waals surface area contributed by atoms with Crippen LogP contribution in [0.1, 0.15) is 0 Å². The highest BCUT2D eigenvalue weighted by Crippen LogP contribution is 2.17. The van der Waals surface area contributed by atoms with E-state index in [1.807, 2.05) is 29.2 Å². The molecule has 4 heteroatoms. The lowest BCUT2D eigenvalue weighted by Gasteiger charge is -2.25. The molecule has 84 valence electrons. The highest BCUT2D eigenvalue weighted by molar-refractivity contribution is 5.91. The van der Waals surface area contributed by atoms with Crippen LogP contribution in [0.3, 0.4) is 0 Å². The molecule has 4 nitrogen and oxygen atoms in total. The van der Waals surface area contributed by atoms with E-state index in [4.69, 9.17) is 5.11 Å². The van der Waals surface area contributed by atoms with E-state index in [2.05, 4.69) is 4.98 Å². The molecule has 1 N–H and O–H groups in total. The minimum absolute atomic E-state index is 0.293. The first-order chi connectivity index (χ1) is 8.25. The number of carbonyl (C=O) groups is 1. The molecule has 3 rings (SSSR count). The highest BCUT2D eigenvalue weighted by Gasteiger charge is 2.17. The Morgan fingerprint density at radius 1 is 1.41 bits per heavy atom. The molecule has 1 aromatic heterocycles. The van der Waals surface area contributed by atoms with E-state index in [9.17, 15) is 4.79 Å². The Bertz CT molecular complexity index is 671. The van der Waals surface area contributed by atoms with Gasteiger partial charge >= 0.3 is 5.97 Å². The van der Waals surface area contributed by atoms with Crippen LogP contribution in [0.4, 0.5) is 0 Å². The molecule has 0 saturated heterocycles. The third-order valence-electron chi connectivity index (χ3n) is 2.86. The molecule has 2 aliphatic heterocycles. The lowest BCUT2D eigenvalue weighted by Crippen LogP contribution is -2.40. The van der Waals surface area contributed by atoms with Gasteiger partial charge in [0, 0.05) is 24.2 Å². The van der Waals surface area contributed by atoms with Gasteiger partial charge in [-0.3, -0.25) is 4.98 Å². The number of pyridine rings is 1. The zero-order valence-corrected chi connectivity index (χ0v) is 9.00. The van der Waals surface area contributed by atoms with Gasteiger partial charge in [-0.1, -0.05) is 12.1 Å². The molecule has 0 atom stereocenters. The molecule has 1 aromatic rings. The predicted molar refractivity (Wildman–Crippen MR) is 62.9 cm³/mol. The SMILES string of the molecule is O=C(O)C1=CN2CC=c3cccnc3=C2C=C1. The smallest absolute Gasteiger partial charge is 0.337 e. The van der Waals surface area contributed by atoms with Crippen LogP contribution in [0, 0.1) is 0 Å². The largest absolute Gasteiger partial charge is 0.478 e. The number of nitrogens with zero attached hydrogens (tertiary/aromatic N) is 2. The van der Waals surface area contributed by atoms with Crippen molar-refractivity contribution in [3.8, 4) is 0 Å². The van der Waals surface area contributed by atoms with Crippen LogP contribution >= 0.6 is 0 Å². The van der Waals surface area contributed by atoms with Gasteiger partial charge in [-0.25, -0.2) is 4.79 Å². The van der Waals surface area contributed by atoms with Gasteiger partial charge in [-0.15, -0.1) is 0 Å². The van der Waals surface area contributed by atoms with E-state index >= 15 is 0 Å². The van der Waals surface area contributed by atoms with E-state index in [1.165, 1.54) is 0 Å². The first kappa shape index (κ1) is 9.84. The van der Waals surface area contributed by atoms with Gasteiger partial charge in [0.2, 0.25) is 0 Å². The van der Waals surface area contributed by atoms with Crippen LogP contribution < -0.4 is 10.6 Å². The summed E-state index contributed by atoms with van der Waals surface area (Å²) in [6.45, 7) is 0.676. The second kappa shape index (κ2) is 3.59. The van der Waals surface area contributed by atoms with Crippen molar-refractivity contribution in [3.63, 3.8) is 0 Å². The summed E-state index contributed by atoms with van der Waals surface area (Å²) in [7, 11) is 0. The first-order valence-corrected chi connectivity index (χ1v) is 5.31. The van der Waals surface area contributed by atoms with Crippen LogP contribution in [-0.4, -0.2) is 27.5 Å². The standard InChI is InChI=1S/C13H10N2O2/c16-13(17)10-3-4-11-12-9(2-1-6-14-12)5-7-15(11)8-10/h1-6,8H,7H2,(H,16,17). The number of fused-ring (bicyclic) bond motifs is 2. The molecule has 0 amide bonds. The van der Waals surface area contributed by atoms with Gasteiger partial charge in [0.15, 0.2) is 0 Å². The number of aromatic nitrogens is 1. The lowest BCUT2D eigenvalue weighted by molar-refractivity contribution is -0.132. The molecule has 0 radical (unpaired) electrons. The van der Waals surface area contributed by atoms with Crippen molar-refractivity contribution in [2.24, 2.45) is 0 Å². The second-order valence-electron chi connectivity index (χ2n) is 3.91. The van der Waals surface area contributed by atoms with Gasteiger partial charge in [-0.05, 0) is 18.2 Å². The van der Waals surface area contributed by atoms with Crippen molar-refractivity contribution < 1.29 is 9.90 Å². The Hall–Kier alpha value is -2.36. The predicted octanol–water partition coefficient (Wildman–Crippen LogP) is -0.176. The van der Waals surface area contributed by atoms with Crippen molar-refractivity contribution in [2.45, 2.75) is 0 Å². The van der Waals surface area contributed by atoms with Crippen molar-refractivity contribution >= 4 is 17.7 Å². The van der Waals surface area contributed by atoms with Crippen molar-refractivity contribution in [1.82, 2.24) is 9.88 Å². The van der Waals surface area contributed by atoms with Crippen molar-refractivity contribution in [3.05, 3.63) is 52.8 Å². The van der Waals surface area contributed by atoms with E-state index in [-0.39, 0.29) is 0 Å². The minimum Gasteiger partial charge on any atom is -0.478 e. The summed E-state index contributed by atoms with van der Waals surface area (Å²) in [4.78, 5) is 17.1. The Kier molecular flexibility index (Phi) is 2.08. The summed E-state index contributed by atoms with van der Waals surface area (Å²) in [6, 6.07) is 3.91. The zero-order chi connectivity index (χ0) is 11.8. The number of carboxylic acids is 1. The number of hydrogen-bond donors (Lipinski definition) is 1. The van der Waals surface area contributed by atoms with Gasteiger partial charge in [0.1, 0.15) is 0 Å². The third kappa shape index (κ3) is 1.54. The molecule has 0 aromatic carbocycles. The van der Waals surface area contributed by atoms with Crippen molar-refractivity contribution in [2.75, 3.05) is 6.54 Å². The summed E-state index contributed by atoms with van der Waals surface area (Å²) < 4.78 is 0. The van der Waals surface area contributed by atoms with E-state index < -0.39 is 5.97 Å². The monoisotopic (exact) mass is 226 g/mol. The Morgan fingerprint density at radius 2 is 2.29 bits per heavy atom. The quantitative estimate of drug-likeness (QED) is 0.722. The zero-order valence-electron chi connectivity index (χ0n) is 9.00. The number of rotatable bonds is 1. The first-order valence-electron chi connectivity index (χ1n) is 5.31. The summed E-state index contributed by atoms with van der Waals surface area (Å²) in [5, 5.41) is 10.9. The molecular formula is C13H10N2O2. The fraction of sp³-hybridized carbons (Fsp3) is 0.0769. The van der Waals surface area contributed by atoms with Crippen LogP contribution in [-0.2, 0) is 4.79 Å². The van der Waals surface area contributed by atoms with Crippen LogP contribution in [0.2, 0.25) is 0 Å². The maximum Gasteiger partial charge on any atom is 0.337 e. The van der Waals surface area contributed by atoms with E-state index in [0.29, 0.717) is 12.1 Å². The van der Waals surface area contributed by atoms with Crippen molar-refractivity contribution in [1.29, 1.82) is 0 Å². The van der Waals surface area contributed by atoms with Gasteiger partial charge in [0.05, 0.1) is 16.6 Å². The topological polar surface area (TPSA) is 53.4 Å². The normalized spacial score (nSPS) is 16.8. The van der Waals surface area contributed by atoms with E-state index in [1.54, 1.807) is 18.5 Å². The van der Waals surface area contributed by atoms with Gasteiger partial charge in [0.25, 0.3) is 0 Å². The maximum atomic E-state index is 10.9. The average molecular weight is 226 g/mol. The Labute approximate surface area is 97.5 Å². The lowest BCUT2D eigenvalue weighted by atomic mass is 10.1. The molecule has 17 heavy (non-hydrogen) atoms. The Balaban J connectivity index is 2.20. The second-order valence-corrected chi connectivity index (χ2v) is 3.91. The number of hydrogen-bond acceptors (Lipinski definition) is 3. The average Bonchev–Trinajstić information content (AvgIpc) is 2.38. The van der Waals surface area contributed by atoms with Crippen LogP contribution in [0.15, 0.2) is 42.3 Å². The molecule has 0 saturated carbocycles. The van der Waals surface area contributed by atoms with Crippen LogP contribution in [0.5, 0.6) is 0 Å². The summed E-state index contributed by atoms with van der Waals surface area (Å²) in [5.74, 6) is -0.910. The maximum absolute atomic E-state index is 10.9. The number of aliphatic carboxylic acids is 1. The molecule has 0 fully saturated rings. The summed E-state index contributed by atoms with van der Waals surface area (Å²) in [5.41, 5.74) is 1.25. The summed E-state index contributed by atoms with van der Waals surface area (Å²) >= 11 is 0. The van der Waals surface area contributed by atoms with Gasteiger partial charge in [-0.2, -0.15) is 0 Å². The van der Waals surface area contributed by atoms with Gasteiger partial charge < -0.3 is 10.0 Å². The van der Waals surface area contributed by atoms with E-state index in [0.717, 1.165) is 16.3 Å². The Morgan fingerprint density at radius 3 is 3.12 bits per heavy atom. The molecule has 3 heterocycles. The molecule has 2 aliphatic rings. The van der Waals surface area contributed by atoms with Crippen LogP contribution in [0.25, 0.3) is 11.8 Å². The molecule has 0 unspecified atom stereocenters. The highest BCUT2D eigenvalue weighted by atomic mass is 16.4. The third-order valence-corrected chi connectivity index (χ3v) is 2.86. The number of carboxylic acid groups (broad SMARTS) is 1. The fourth-order valence-corrected chi connectivity index (χ4v) is 2.03. The molecule has 0 aliphatic carbocycles. The molecular weight excluding hydrogens is 216 g/mol.